The van der Waals surface area contributed by atoms with Crippen LogP contribution in [0.3, 0.4) is 0 Å². The summed E-state index contributed by atoms with van der Waals surface area (Å²) in [5.41, 5.74) is 4.07. The van der Waals surface area contributed by atoms with Crippen molar-refractivity contribution < 1.29 is 4.58 Å². The highest BCUT2D eigenvalue weighted by molar-refractivity contribution is 7.15. The molecule has 0 aliphatic heterocycles. The van der Waals surface area contributed by atoms with Gasteiger partial charge in [0.05, 0.1) is 0 Å². The lowest BCUT2D eigenvalue weighted by molar-refractivity contribution is -0.459. The molecule has 2 aromatic heterocycles. The molecule has 2 nitrogen and oxygen atoms in total. The average molecular weight is 207 g/mol. The maximum atomic E-state index is 2.26. The lowest BCUT2D eigenvalue weighted by Gasteiger charge is -1.92. The lowest BCUT2D eigenvalue weighted by atomic mass is 10.2. The Balaban J connectivity index is 2.79. The maximum Gasteiger partial charge on any atom is 0.187 e. The van der Waals surface area contributed by atoms with Crippen molar-refractivity contribution in [3.63, 3.8) is 0 Å². The van der Waals surface area contributed by atoms with Gasteiger partial charge in [0.2, 0.25) is 0 Å². The molecule has 3 heteroatoms. The van der Waals surface area contributed by atoms with Crippen molar-refractivity contribution in [1.29, 1.82) is 0 Å². The third kappa shape index (κ3) is 1.28. The van der Waals surface area contributed by atoms with Crippen LogP contribution < -0.4 is 0 Å². The fraction of sp³-hybridized carbons (Fsp3) is 0.364. The van der Waals surface area contributed by atoms with E-state index in [0.29, 0.717) is 0 Å². The highest BCUT2D eigenvalue weighted by Gasteiger charge is 2.12. The average Bonchev–Trinajstić information content (AvgIpc) is 2.65. The Morgan fingerprint density at radius 2 is 2.00 bits per heavy atom. The van der Waals surface area contributed by atoms with Crippen molar-refractivity contribution in [3.05, 3.63) is 28.4 Å². The van der Waals surface area contributed by atoms with Gasteiger partial charge in [-0.3, -0.25) is 0 Å². The molecule has 0 bridgehead atoms. The van der Waals surface area contributed by atoms with Gasteiger partial charge in [0, 0.05) is 11.6 Å². The molecule has 0 saturated carbocycles. The molecule has 0 atom stereocenters. The first-order valence-corrected chi connectivity index (χ1v) is 5.55. The fourth-order valence-corrected chi connectivity index (χ4v) is 2.59. The second kappa shape index (κ2) is 3.24. The fourth-order valence-electron chi connectivity index (χ4n) is 1.68. The van der Waals surface area contributed by atoms with Crippen LogP contribution in [0.25, 0.3) is 4.83 Å². The summed E-state index contributed by atoms with van der Waals surface area (Å²) in [4.78, 5) is 1.36. The summed E-state index contributed by atoms with van der Waals surface area (Å²) in [6.45, 7) is 4.37. The van der Waals surface area contributed by atoms with Gasteiger partial charge >= 0.3 is 0 Å². The van der Waals surface area contributed by atoms with Crippen LogP contribution in [0, 0.1) is 13.8 Å². The Hall–Kier alpha value is -1.09. The van der Waals surface area contributed by atoms with Crippen LogP contribution in [0.2, 0.25) is 0 Å². The van der Waals surface area contributed by atoms with Crippen LogP contribution in [0.4, 0.5) is 0 Å². The van der Waals surface area contributed by atoms with Crippen molar-refractivity contribution in [2.75, 3.05) is 14.1 Å². The number of aromatic nitrogens is 1. The number of nitrogens with zero attached hydrogens (tertiary/aromatic N) is 2. The predicted molar refractivity (Wildman–Crippen MR) is 62.0 cm³/mol. The third-order valence-corrected chi connectivity index (χ3v) is 3.50. The first kappa shape index (κ1) is 9.46. The van der Waals surface area contributed by atoms with Gasteiger partial charge in [0.1, 0.15) is 24.6 Å². The van der Waals surface area contributed by atoms with Gasteiger partial charge in [-0.1, -0.05) is 0 Å². The van der Waals surface area contributed by atoms with E-state index in [-0.39, 0.29) is 0 Å². The van der Waals surface area contributed by atoms with E-state index in [1.807, 2.05) is 0 Å². The summed E-state index contributed by atoms with van der Waals surface area (Å²) in [5, 5.41) is 2.13. The third-order valence-electron chi connectivity index (χ3n) is 2.52. The van der Waals surface area contributed by atoms with Gasteiger partial charge in [0.25, 0.3) is 0 Å². The van der Waals surface area contributed by atoms with Gasteiger partial charge in [-0.2, -0.15) is 0 Å². The van der Waals surface area contributed by atoms with E-state index in [1.54, 1.807) is 11.3 Å². The molecule has 0 spiro atoms. The van der Waals surface area contributed by atoms with E-state index in [1.165, 1.54) is 21.7 Å². The minimum atomic E-state index is 1.30. The number of hydrogen-bond donors (Lipinski definition) is 0. The van der Waals surface area contributed by atoms with Crippen molar-refractivity contribution in [3.8, 4) is 0 Å². The SMILES string of the molecule is Cc1c(C)c2sccn2c1C=[N+](C)C. The highest BCUT2D eigenvalue weighted by Crippen LogP contribution is 2.24. The Labute approximate surface area is 88.1 Å². The van der Waals surface area contributed by atoms with Crippen LogP contribution in [0.5, 0.6) is 0 Å². The van der Waals surface area contributed by atoms with E-state index < -0.39 is 0 Å². The molecule has 74 valence electrons. The summed E-state index contributed by atoms with van der Waals surface area (Å²) in [6, 6.07) is 0. The zero-order valence-corrected chi connectivity index (χ0v) is 9.85. The molecule has 14 heavy (non-hydrogen) atoms. The summed E-state index contributed by atoms with van der Waals surface area (Å²) in [7, 11) is 4.11. The molecular formula is C11H15N2S+. The van der Waals surface area contributed by atoms with Crippen LogP contribution in [0.15, 0.2) is 11.6 Å². The van der Waals surface area contributed by atoms with Crippen molar-refractivity contribution in [2.24, 2.45) is 0 Å². The van der Waals surface area contributed by atoms with Gasteiger partial charge in [-0.15, -0.1) is 11.3 Å². The Morgan fingerprint density at radius 1 is 1.29 bits per heavy atom. The monoisotopic (exact) mass is 207 g/mol. The maximum absolute atomic E-state index is 2.26. The van der Waals surface area contributed by atoms with Gasteiger partial charge < -0.3 is 4.40 Å². The van der Waals surface area contributed by atoms with E-state index >= 15 is 0 Å². The molecule has 2 rings (SSSR count). The summed E-state index contributed by atoms with van der Waals surface area (Å²) < 4.78 is 4.35. The Kier molecular flexibility index (Phi) is 2.19. The summed E-state index contributed by atoms with van der Waals surface area (Å²) >= 11 is 1.80. The number of hydrogen-bond acceptors (Lipinski definition) is 1. The molecule has 2 aromatic rings. The quantitative estimate of drug-likeness (QED) is 0.500. The van der Waals surface area contributed by atoms with Crippen molar-refractivity contribution in [1.82, 2.24) is 4.40 Å². The first-order valence-electron chi connectivity index (χ1n) is 4.67. The second-order valence-electron chi connectivity index (χ2n) is 3.81. The zero-order valence-electron chi connectivity index (χ0n) is 9.03. The van der Waals surface area contributed by atoms with Crippen LogP contribution in [-0.4, -0.2) is 29.3 Å². The molecule has 0 N–H and O–H groups in total. The summed E-state index contributed by atoms with van der Waals surface area (Å²) in [6.07, 6.45) is 4.30. The van der Waals surface area contributed by atoms with Crippen molar-refractivity contribution >= 4 is 22.4 Å². The molecule has 0 aromatic carbocycles. The van der Waals surface area contributed by atoms with E-state index in [0.717, 1.165) is 0 Å². The molecule has 2 heterocycles. The minimum absolute atomic E-state index is 1.30. The van der Waals surface area contributed by atoms with Gasteiger partial charge in [0.15, 0.2) is 6.21 Å². The van der Waals surface area contributed by atoms with Crippen LogP contribution >= 0.6 is 11.3 Å². The van der Waals surface area contributed by atoms with Crippen LogP contribution in [-0.2, 0) is 0 Å². The molecule has 0 fully saturated rings. The first-order chi connectivity index (χ1) is 6.61. The highest BCUT2D eigenvalue weighted by atomic mass is 32.1. The van der Waals surface area contributed by atoms with E-state index in [2.05, 4.69) is 54.7 Å². The Bertz CT molecular complexity index is 499. The molecule has 0 unspecified atom stereocenters. The Morgan fingerprint density at radius 3 is 2.64 bits per heavy atom. The van der Waals surface area contributed by atoms with Gasteiger partial charge in [-0.25, -0.2) is 4.58 Å². The molecule has 0 aliphatic carbocycles. The zero-order chi connectivity index (χ0) is 10.3. The second-order valence-corrected chi connectivity index (χ2v) is 4.70. The molecule has 0 saturated heterocycles. The minimum Gasteiger partial charge on any atom is -0.302 e. The molecular weight excluding hydrogens is 192 g/mol. The topological polar surface area (TPSA) is 7.42 Å². The molecule has 0 aliphatic rings. The van der Waals surface area contributed by atoms with E-state index in [9.17, 15) is 0 Å². The predicted octanol–water partition coefficient (Wildman–Crippen LogP) is 2.31. The van der Waals surface area contributed by atoms with Gasteiger partial charge in [-0.05, 0) is 25.0 Å². The summed E-state index contributed by atoms with van der Waals surface area (Å²) in [5.74, 6) is 0. The standard InChI is InChI=1S/C11H15N2S/c1-8-9(2)11-13(5-6-14-11)10(8)7-12(3)4/h5-7H,1-4H3/q+1. The van der Waals surface area contributed by atoms with Crippen molar-refractivity contribution in [2.45, 2.75) is 13.8 Å². The molecule has 0 amide bonds. The lowest BCUT2D eigenvalue weighted by Crippen LogP contribution is -2.03. The normalized spacial score (nSPS) is 10.9. The number of thiazole rings is 1. The smallest absolute Gasteiger partial charge is 0.187 e. The number of aryl methyl sites for hydroxylation is 1. The van der Waals surface area contributed by atoms with Crippen LogP contribution in [0.1, 0.15) is 16.8 Å². The van der Waals surface area contributed by atoms with E-state index in [4.69, 9.17) is 0 Å². The molecule has 0 radical (unpaired) electrons. The largest absolute Gasteiger partial charge is 0.302 e. The number of fused-ring (bicyclic) bond motifs is 1. The number of rotatable bonds is 1.